The van der Waals surface area contributed by atoms with Gasteiger partial charge in [0.2, 0.25) is 0 Å². The highest BCUT2D eigenvalue weighted by Gasteiger charge is 2.10. The Morgan fingerprint density at radius 1 is 1.30 bits per heavy atom. The molecule has 0 bridgehead atoms. The van der Waals surface area contributed by atoms with Crippen LogP contribution in [-0.2, 0) is 6.42 Å². The first-order chi connectivity index (χ1) is 9.51. The van der Waals surface area contributed by atoms with Crippen LogP contribution in [-0.4, -0.2) is 5.91 Å². The number of hydrogen-bond donors (Lipinski definition) is 2. The molecule has 0 aliphatic rings. The van der Waals surface area contributed by atoms with Crippen molar-refractivity contribution in [2.75, 3.05) is 11.1 Å². The summed E-state index contributed by atoms with van der Waals surface area (Å²) in [6.45, 7) is 2.07. The highest BCUT2D eigenvalue weighted by molar-refractivity contribution is 14.1. The number of anilines is 2. The maximum Gasteiger partial charge on any atom is 0.255 e. The maximum atomic E-state index is 12.2. The third kappa shape index (κ3) is 3.52. The lowest BCUT2D eigenvalue weighted by molar-refractivity contribution is 0.102. The van der Waals surface area contributed by atoms with Crippen LogP contribution in [0.15, 0.2) is 40.9 Å². The van der Waals surface area contributed by atoms with Gasteiger partial charge in [-0.15, -0.1) is 0 Å². The van der Waals surface area contributed by atoms with Crippen LogP contribution in [0.3, 0.4) is 0 Å². The van der Waals surface area contributed by atoms with E-state index in [0.717, 1.165) is 25.7 Å². The minimum Gasteiger partial charge on any atom is -0.398 e. The molecule has 5 heteroatoms. The van der Waals surface area contributed by atoms with E-state index >= 15 is 0 Å². The van der Waals surface area contributed by atoms with Crippen LogP contribution in [0.1, 0.15) is 22.8 Å². The number of nitrogens with one attached hydrogen (secondary N) is 1. The Morgan fingerprint density at radius 2 is 2.05 bits per heavy atom. The molecule has 2 aromatic rings. The summed E-state index contributed by atoms with van der Waals surface area (Å²) in [7, 11) is 0. The summed E-state index contributed by atoms with van der Waals surface area (Å²) in [5, 5.41) is 2.94. The van der Waals surface area contributed by atoms with E-state index in [4.69, 9.17) is 5.73 Å². The lowest BCUT2D eigenvalue weighted by Crippen LogP contribution is -2.13. The van der Waals surface area contributed by atoms with Gasteiger partial charge in [-0.2, -0.15) is 0 Å². The number of nitrogens with two attached hydrogens (primary N) is 1. The highest BCUT2D eigenvalue weighted by atomic mass is 127. The number of halogens is 2. The van der Waals surface area contributed by atoms with Gasteiger partial charge in [0.05, 0.1) is 0 Å². The molecule has 0 heterocycles. The molecular formula is C15H14BrIN2O. The normalized spacial score (nSPS) is 10.3. The summed E-state index contributed by atoms with van der Waals surface area (Å²) in [6.07, 6.45) is 0.870. The van der Waals surface area contributed by atoms with Crippen molar-refractivity contribution in [3.8, 4) is 0 Å². The quantitative estimate of drug-likeness (QED) is 0.542. The molecule has 0 saturated heterocycles. The first-order valence-electron chi connectivity index (χ1n) is 6.16. The standard InChI is InChI=1S/C15H14BrIN2O/c1-2-9-7-11(17)4-6-14(9)19-15(20)10-3-5-12(16)13(18)8-10/h3-8H,2,18H2,1H3,(H,19,20). The molecule has 3 N–H and O–H groups in total. The average Bonchev–Trinajstić information content (AvgIpc) is 2.43. The maximum absolute atomic E-state index is 12.2. The number of carbonyl (C=O) groups is 1. The Labute approximate surface area is 140 Å². The number of hydrogen-bond acceptors (Lipinski definition) is 2. The fourth-order valence-electron chi connectivity index (χ4n) is 1.86. The van der Waals surface area contributed by atoms with Gasteiger partial charge >= 0.3 is 0 Å². The molecule has 3 nitrogen and oxygen atoms in total. The summed E-state index contributed by atoms with van der Waals surface area (Å²) in [5.74, 6) is -0.153. The summed E-state index contributed by atoms with van der Waals surface area (Å²) in [4.78, 5) is 12.2. The number of amides is 1. The Bertz CT molecular complexity index is 658. The van der Waals surface area contributed by atoms with Crippen molar-refractivity contribution in [1.29, 1.82) is 0 Å². The van der Waals surface area contributed by atoms with Gasteiger partial charge in [0.25, 0.3) is 5.91 Å². The van der Waals surface area contributed by atoms with E-state index in [2.05, 4.69) is 56.8 Å². The predicted octanol–water partition coefficient (Wildman–Crippen LogP) is 4.45. The van der Waals surface area contributed by atoms with Crippen molar-refractivity contribution >= 4 is 55.8 Å². The van der Waals surface area contributed by atoms with Crippen LogP contribution in [0.5, 0.6) is 0 Å². The second kappa shape index (κ2) is 6.58. The molecule has 0 spiro atoms. The van der Waals surface area contributed by atoms with Crippen molar-refractivity contribution in [2.24, 2.45) is 0 Å². The third-order valence-electron chi connectivity index (χ3n) is 2.95. The van der Waals surface area contributed by atoms with Gasteiger partial charge in [-0.05, 0) is 86.9 Å². The molecule has 2 aromatic carbocycles. The van der Waals surface area contributed by atoms with Gasteiger partial charge in [0.15, 0.2) is 0 Å². The third-order valence-corrected chi connectivity index (χ3v) is 4.35. The Balaban J connectivity index is 2.25. The Kier molecular flexibility index (Phi) is 5.04. The molecule has 0 radical (unpaired) electrons. The summed E-state index contributed by atoms with van der Waals surface area (Å²) in [6, 6.07) is 11.2. The van der Waals surface area contributed by atoms with E-state index in [1.807, 2.05) is 12.1 Å². The van der Waals surface area contributed by atoms with Crippen molar-refractivity contribution < 1.29 is 4.79 Å². The zero-order chi connectivity index (χ0) is 14.7. The van der Waals surface area contributed by atoms with Crippen LogP contribution in [0.4, 0.5) is 11.4 Å². The molecule has 2 rings (SSSR count). The van der Waals surface area contributed by atoms with Gasteiger partial charge in [-0.3, -0.25) is 4.79 Å². The van der Waals surface area contributed by atoms with Crippen molar-refractivity contribution in [1.82, 2.24) is 0 Å². The lowest BCUT2D eigenvalue weighted by Gasteiger charge is -2.11. The number of aryl methyl sites for hydroxylation is 1. The van der Waals surface area contributed by atoms with Gasteiger partial charge in [0, 0.05) is 25.0 Å². The number of carbonyl (C=O) groups excluding carboxylic acids is 1. The first-order valence-corrected chi connectivity index (χ1v) is 8.03. The zero-order valence-electron chi connectivity index (χ0n) is 10.9. The smallest absolute Gasteiger partial charge is 0.255 e. The number of nitrogen functional groups attached to an aromatic ring is 1. The first kappa shape index (κ1) is 15.3. The molecule has 0 saturated carbocycles. The monoisotopic (exact) mass is 444 g/mol. The summed E-state index contributed by atoms with van der Waals surface area (Å²) >= 11 is 5.58. The van der Waals surface area contributed by atoms with Crippen LogP contribution >= 0.6 is 38.5 Å². The van der Waals surface area contributed by atoms with Gasteiger partial charge in [-0.1, -0.05) is 6.92 Å². The van der Waals surface area contributed by atoms with E-state index in [1.165, 1.54) is 0 Å². The van der Waals surface area contributed by atoms with Crippen molar-refractivity contribution in [2.45, 2.75) is 13.3 Å². The van der Waals surface area contributed by atoms with E-state index in [1.54, 1.807) is 18.2 Å². The van der Waals surface area contributed by atoms with Gasteiger partial charge < -0.3 is 11.1 Å². The molecule has 0 atom stereocenters. The molecular weight excluding hydrogens is 431 g/mol. The largest absolute Gasteiger partial charge is 0.398 e. The Morgan fingerprint density at radius 3 is 2.70 bits per heavy atom. The fourth-order valence-corrected chi connectivity index (χ4v) is 2.66. The topological polar surface area (TPSA) is 55.1 Å². The van der Waals surface area contributed by atoms with Crippen molar-refractivity contribution in [3.63, 3.8) is 0 Å². The molecule has 0 aliphatic heterocycles. The van der Waals surface area contributed by atoms with Crippen LogP contribution < -0.4 is 11.1 Å². The van der Waals surface area contributed by atoms with Gasteiger partial charge in [-0.25, -0.2) is 0 Å². The molecule has 0 unspecified atom stereocenters. The summed E-state index contributed by atoms with van der Waals surface area (Å²) < 4.78 is 1.95. The molecule has 20 heavy (non-hydrogen) atoms. The number of rotatable bonds is 3. The molecule has 104 valence electrons. The van der Waals surface area contributed by atoms with Crippen LogP contribution in [0.25, 0.3) is 0 Å². The minimum atomic E-state index is -0.153. The van der Waals surface area contributed by atoms with E-state index in [0.29, 0.717) is 11.3 Å². The van der Waals surface area contributed by atoms with E-state index in [-0.39, 0.29) is 5.91 Å². The zero-order valence-corrected chi connectivity index (χ0v) is 14.7. The summed E-state index contributed by atoms with van der Waals surface area (Å²) in [5.41, 5.74) is 8.87. The molecule has 1 amide bonds. The van der Waals surface area contributed by atoms with Gasteiger partial charge in [0.1, 0.15) is 0 Å². The number of benzene rings is 2. The average molecular weight is 445 g/mol. The second-order valence-electron chi connectivity index (χ2n) is 4.35. The highest BCUT2D eigenvalue weighted by Crippen LogP contribution is 2.23. The fraction of sp³-hybridized carbons (Fsp3) is 0.133. The molecule has 0 aliphatic carbocycles. The molecule has 0 aromatic heterocycles. The Hall–Kier alpha value is -1.08. The van der Waals surface area contributed by atoms with Crippen molar-refractivity contribution in [3.05, 3.63) is 55.6 Å². The second-order valence-corrected chi connectivity index (χ2v) is 6.45. The minimum absolute atomic E-state index is 0.153. The predicted molar refractivity (Wildman–Crippen MR) is 95.0 cm³/mol. The van der Waals surface area contributed by atoms with E-state index < -0.39 is 0 Å². The van der Waals surface area contributed by atoms with Crippen LogP contribution in [0.2, 0.25) is 0 Å². The lowest BCUT2D eigenvalue weighted by atomic mass is 10.1. The molecule has 0 fully saturated rings. The van der Waals surface area contributed by atoms with E-state index in [9.17, 15) is 4.79 Å². The van der Waals surface area contributed by atoms with Crippen LogP contribution in [0, 0.1) is 3.57 Å². The SMILES string of the molecule is CCc1cc(I)ccc1NC(=O)c1ccc(Br)c(N)c1.